The van der Waals surface area contributed by atoms with Crippen molar-refractivity contribution in [2.24, 2.45) is 5.92 Å². The van der Waals surface area contributed by atoms with Crippen molar-refractivity contribution >= 4 is 27.7 Å². The minimum atomic E-state index is -3.12. The van der Waals surface area contributed by atoms with E-state index >= 15 is 0 Å². The van der Waals surface area contributed by atoms with E-state index in [0.717, 1.165) is 17.7 Å². The lowest BCUT2D eigenvalue weighted by atomic mass is 9.77. The van der Waals surface area contributed by atoms with Gasteiger partial charge in [0.2, 0.25) is 5.91 Å². The molecular formula is C18H29N3O5S. The van der Waals surface area contributed by atoms with Crippen LogP contribution in [0.15, 0.2) is 0 Å². The average Bonchev–Trinajstić information content (AvgIpc) is 3.07. The van der Waals surface area contributed by atoms with Crippen LogP contribution in [0.2, 0.25) is 0 Å². The first-order chi connectivity index (χ1) is 12.7. The van der Waals surface area contributed by atoms with Gasteiger partial charge in [-0.3, -0.25) is 14.5 Å². The van der Waals surface area contributed by atoms with Crippen LogP contribution in [-0.4, -0.2) is 72.2 Å². The summed E-state index contributed by atoms with van der Waals surface area (Å²) in [5, 5.41) is 2.82. The Hall–Kier alpha value is -1.64. The zero-order chi connectivity index (χ0) is 19.8. The molecular weight excluding hydrogens is 370 g/mol. The zero-order valence-electron chi connectivity index (χ0n) is 16.1. The van der Waals surface area contributed by atoms with Gasteiger partial charge in [-0.1, -0.05) is 13.8 Å². The normalized spacial score (nSPS) is 32.7. The second-order valence-corrected chi connectivity index (χ2v) is 10.5. The van der Waals surface area contributed by atoms with Gasteiger partial charge in [-0.05, 0) is 44.4 Å². The first-order valence-electron chi connectivity index (χ1n) is 9.81. The summed E-state index contributed by atoms with van der Waals surface area (Å²) in [6.45, 7) is 4.15. The van der Waals surface area contributed by atoms with Crippen LogP contribution in [0.1, 0.15) is 52.4 Å². The number of nitrogens with zero attached hydrogens (tertiary/aromatic N) is 2. The lowest BCUT2D eigenvalue weighted by Gasteiger charge is -2.34. The Morgan fingerprint density at radius 3 is 2.48 bits per heavy atom. The van der Waals surface area contributed by atoms with Gasteiger partial charge in [0.15, 0.2) is 9.84 Å². The molecule has 1 spiro atoms. The molecule has 1 atom stereocenters. The molecule has 1 aliphatic carbocycles. The fourth-order valence-corrected chi connectivity index (χ4v) is 6.14. The topological polar surface area (TPSA) is 104 Å². The van der Waals surface area contributed by atoms with Crippen molar-refractivity contribution in [2.75, 3.05) is 24.6 Å². The highest BCUT2D eigenvalue weighted by Crippen LogP contribution is 2.36. The second-order valence-electron chi connectivity index (χ2n) is 8.23. The number of sulfone groups is 1. The molecule has 0 unspecified atom stereocenters. The van der Waals surface area contributed by atoms with Crippen molar-refractivity contribution < 1.29 is 22.8 Å². The van der Waals surface area contributed by atoms with Crippen LogP contribution in [0.25, 0.3) is 0 Å². The Labute approximate surface area is 160 Å². The van der Waals surface area contributed by atoms with Gasteiger partial charge in [-0.25, -0.2) is 13.2 Å². The highest BCUT2D eigenvalue weighted by atomic mass is 32.2. The minimum Gasteiger partial charge on any atom is -0.337 e. The third kappa shape index (κ3) is 3.97. The largest absolute Gasteiger partial charge is 0.337 e. The van der Waals surface area contributed by atoms with Gasteiger partial charge in [0.05, 0.1) is 11.5 Å². The predicted octanol–water partition coefficient (Wildman–Crippen LogP) is 0.913. The van der Waals surface area contributed by atoms with Gasteiger partial charge in [0, 0.05) is 12.6 Å². The molecule has 27 heavy (non-hydrogen) atoms. The molecule has 0 radical (unpaired) electrons. The first-order valence-corrected chi connectivity index (χ1v) is 11.6. The SMILES string of the molecule is CCCN(C(=O)CN1C(=O)NC2(CCC(C)CC2)C1=O)[C@H]1CCS(=O)(=O)C1. The molecule has 4 amide bonds. The molecule has 1 saturated carbocycles. The van der Waals surface area contributed by atoms with E-state index in [-0.39, 0.29) is 35.9 Å². The average molecular weight is 400 g/mol. The molecule has 0 aromatic rings. The van der Waals surface area contributed by atoms with Crippen LogP contribution >= 0.6 is 0 Å². The lowest BCUT2D eigenvalue weighted by molar-refractivity contribution is -0.140. The van der Waals surface area contributed by atoms with Gasteiger partial charge < -0.3 is 10.2 Å². The monoisotopic (exact) mass is 399 g/mol. The molecule has 1 N–H and O–H groups in total. The second kappa shape index (κ2) is 7.41. The summed E-state index contributed by atoms with van der Waals surface area (Å²) in [7, 11) is -3.12. The Balaban J connectivity index is 1.70. The number of hydrogen-bond acceptors (Lipinski definition) is 5. The summed E-state index contributed by atoms with van der Waals surface area (Å²) in [6.07, 6.45) is 4.04. The van der Waals surface area contributed by atoms with Gasteiger partial charge >= 0.3 is 6.03 Å². The molecule has 3 fully saturated rings. The van der Waals surface area contributed by atoms with Gasteiger partial charge in [0.25, 0.3) is 5.91 Å². The maximum atomic E-state index is 12.9. The van der Waals surface area contributed by atoms with Crippen LogP contribution in [0, 0.1) is 5.92 Å². The number of imide groups is 1. The Bertz CT molecular complexity index is 727. The first kappa shape index (κ1) is 20.1. The molecule has 0 aromatic heterocycles. The van der Waals surface area contributed by atoms with Gasteiger partial charge in [-0.2, -0.15) is 0 Å². The van der Waals surface area contributed by atoms with Crippen molar-refractivity contribution in [1.82, 2.24) is 15.1 Å². The molecule has 3 aliphatic rings. The van der Waals surface area contributed by atoms with E-state index in [1.54, 1.807) is 4.90 Å². The maximum absolute atomic E-state index is 12.9. The molecule has 2 saturated heterocycles. The number of rotatable bonds is 5. The molecule has 9 heteroatoms. The van der Waals surface area contributed by atoms with E-state index in [9.17, 15) is 22.8 Å². The number of urea groups is 1. The van der Waals surface area contributed by atoms with E-state index < -0.39 is 21.4 Å². The molecule has 2 aliphatic heterocycles. The molecule has 8 nitrogen and oxygen atoms in total. The Morgan fingerprint density at radius 1 is 1.26 bits per heavy atom. The van der Waals surface area contributed by atoms with E-state index in [1.807, 2.05) is 6.92 Å². The third-order valence-corrected chi connectivity index (χ3v) is 7.85. The summed E-state index contributed by atoms with van der Waals surface area (Å²) in [4.78, 5) is 40.7. The fourth-order valence-electron chi connectivity index (χ4n) is 4.41. The summed E-state index contributed by atoms with van der Waals surface area (Å²) in [5.74, 6) is -0.108. The van der Waals surface area contributed by atoms with E-state index in [0.29, 0.717) is 38.1 Å². The lowest BCUT2D eigenvalue weighted by Crippen LogP contribution is -2.51. The van der Waals surface area contributed by atoms with Crippen LogP contribution in [0.3, 0.4) is 0 Å². The molecule has 3 rings (SSSR count). The predicted molar refractivity (Wildman–Crippen MR) is 99.7 cm³/mol. The van der Waals surface area contributed by atoms with Crippen molar-refractivity contribution in [2.45, 2.75) is 64.0 Å². The highest BCUT2D eigenvalue weighted by Gasteiger charge is 2.52. The molecule has 0 bridgehead atoms. The van der Waals surface area contributed by atoms with Gasteiger partial charge in [0.1, 0.15) is 12.1 Å². The van der Waals surface area contributed by atoms with Crippen LogP contribution in [0.5, 0.6) is 0 Å². The van der Waals surface area contributed by atoms with Crippen LogP contribution in [-0.2, 0) is 19.4 Å². The minimum absolute atomic E-state index is 0.0410. The molecule has 152 valence electrons. The Kier molecular flexibility index (Phi) is 5.52. The number of amides is 4. The smallest absolute Gasteiger partial charge is 0.325 e. The quantitative estimate of drug-likeness (QED) is 0.692. The number of carbonyl (C=O) groups excluding carboxylic acids is 3. The van der Waals surface area contributed by atoms with Crippen molar-refractivity contribution in [1.29, 1.82) is 0 Å². The van der Waals surface area contributed by atoms with E-state index in [1.165, 1.54) is 0 Å². The number of nitrogens with one attached hydrogen (secondary N) is 1. The van der Waals surface area contributed by atoms with Gasteiger partial charge in [-0.15, -0.1) is 0 Å². The van der Waals surface area contributed by atoms with Crippen LogP contribution < -0.4 is 5.32 Å². The Morgan fingerprint density at radius 2 is 1.93 bits per heavy atom. The summed E-state index contributed by atoms with van der Waals surface area (Å²) < 4.78 is 23.6. The molecule has 2 heterocycles. The van der Waals surface area contributed by atoms with E-state index in [4.69, 9.17) is 0 Å². The van der Waals surface area contributed by atoms with Crippen molar-refractivity contribution in [3.63, 3.8) is 0 Å². The maximum Gasteiger partial charge on any atom is 0.325 e. The summed E-state index contributed by atoms with van der Waals surface area (Å²) in [5.41, 5.74) is -0.865. The number of carbonyl (C=O) groups is 3. The highest BCUT2D eigenvalue weighted by molar-refractivity contribution is 7.91. The van der Waals surface area contributed by atoms with Crippen molar-refractivity contribution in [3.05, 3.63) is 0 Å². The van der Waals surface area contributed by atoms with E-state index in [2.05, 4.69) is 12.2 Å². The number of hydrogen-bond donors (Lipinski definition) is 1. The van der Waals surface area contributed by atoms with Crippen molar-refractivity contribution in [3.8, 4) is 0 Å². The van der Waals surface area contributed by atoms with Crippen LogP contribution in [0.4, 0.5) is 4.79 Å². The fraction of sp³-hybridized carbons (Fsp3) is 0.833. The standard InChI is InChI=1S/C18H29N3O5S/c1-3-9-20(14-6-10-27(25,26)12-14)15(22)11-21-16(23)18(19-17(21)24)7-4-13(2)5-8-18/h13-14H,3-12H2,1-2H3,(H,19,24)/t13?,14-,18?/m0/s1. The third-order valence-electron chi connectivity index (χ3n) is 6.10. The molecule has 0 aromatic carbocycles. The summed E-state index contributed by atoms with van der Waals surface area (Å²) >= 11 is 0. The summed E-state index contributed by atoms with van der Waals surface area (Å²) in [6, 6.07) is -0.883. The zero-order valence-corrected chi connectivity index (χ0v) is 16.9.